The molecule has 0 radical (unpaired) electrons. The molecule has 1 heterocycles. The Bertz CT molecular complexity index is 474. The van der Waals surface area contributed by atoms with Crippen LogP contribution in [-0.2, 0) is 16.1 Å². The second-order valence-corrected chi connectivity index (χ2v) is 4.79. The van der Waals surface area contributed by atoms with Gasteiger partial charge in [-0.2, -0.15) is 0 Å². The van der Waals surface area contributed by atoms with E-state index in [4.69, 9.17) is 16.3 Å². The number of carbonyl (C=O) groups excluding carboxylic acids is 1. The van der Waals surface area contributed by atoms with Crippen molar-refractivity contribution in [1.29, 1.82) is 0 Å². The predicted octanol–water partition coefficient (Wildman–Crippen LogP) is 1.84. The minimum Gasteiger partial charge on any atom is -0.468 e. The normalized spacial score (nSPS) is 30.2. The highest BCUT2D eigenvalue weighted by Crippen LogP contribution is 2.56. The van der Waals surface area contributed by atoms with Gasteiger partial charge in [0, 0.05) is 17.5 Å². The highest BCUT2D eigenvalue weighted by Gasteiger charge is 2.63. The summed E-state index contributed by atoms with van der Waals surface area (Å²) in [6.07, 6.45) is 0.813. The van der Waals surface area contributed by atoms with E-state index in [0.717, 1.165) is 17.0 Å². The summed E-state index contributed by atoms with van der Waals surface area (Å²) in [5.41, 5.74) is 1.83. The first-order valence-electron chi connectivity index (χ1n) is 5.30. The van der Waals surface area contributed by atoms with Crippen molar-refractivity contribution < 1.29 is 9.53 Å². The molecule has 1 N–H and O–H groups in total. The van der Waals surface area contributed by atoms with Gasteiger partial charge in [0.2, 0.25) is 0 Å². The van der Waals surface area contributed by atoms with E-state index in [0.29, 0.717) is 6.54 Å². The first-order valence-corrected chi connectivity index (χ1v) is 5.67. The van der Waals surface area contributed by atoms with Crippen molar-refractivity contribution in [2.75, 3.05) is 7.11 Å². The second-order valence-electron chi connectivity index (χ2n) is 4.38. The molecular weight excluding hydrogens is 226 g/mol. The molecule has 2 atom stereocenters. The SMILES string of the molecule is COC(=O)[C@]12C[C@@H]1c1cccc(Cl)c1CN2. The van der Waals surface area contributed by atoms with E-state index in [2.05, 4.69) is 11.4 Å². The third-order valence-corrected chi connectivity index (χ3v) is 3.98. The quantitative estimate of drug-likeness (QED) is 0.758. The number of methoxy groups -OCH3 is 1. The molecule has 1 aromatic rings. The molecule has 4 heteroatoms. The first kappa shape index (κ1) is 10.1. The van der Waals surface area contributed by atoms with Crippen molar-refractivity contribution in [3.05, 3.63) is 34.3 Å². The van der Waals surface area contributed by atoms with E-state index in [1.807, 2.05) is 12.1 Å². The Labute approximate surface area is 98.7 Å². The molecule has 1 aliphatic carbocycles. The lowest BCUT2D eigenvalue weighted by Gasteiger charge is -2.24. The molecule has 0 amide bonds. The van der Waals surface area contributed by atoms with Crippen LogP contribution in [0.5, 0.6) is 0 Å². The Hall–Kier alpha value is -1.06. The van der Waals surface area contributed by atoms with Gasteiger partial charge in [-0.15, -0.1) is 0 Å². The Balaban J connectivity index is 2.02. The fraction of sp³-hybridized carbons (Fsp3) is 0.417. The van der Waals surface area contributed by atoms with Crippen LogP contribution in [0.3, 0.4) is 0 Å². The Morgan fingerprint density at radius 2 is 2.44 bits per heavy atom. The fourth-order valence-electron chi connectivity index (χ4n) is 2.65. The van der Waals surface area contributed by atoms with E-state index < -0.39 is 5.54 Å². The van der Waals surface area contributed by atoms with Crippen LogP contribution in [0.15, 0.2) is 18.2 Å². The van der Waals surface area contributed by atoms with E-state index in [1.54, 1.807) is 0 Å². The average molecular weight is 238 g/mol. The smallest absolute Gasteiger partial charge is 0.326 e. The number of halogens is 1. The van der Waals surface area contributed by atoms with Crippen molar-refractivity contribution in [3.63, 3.8) is 0 Å². The van der Waals surface area contributed by atoms with Crippen LogP contribution in [0.1, 0.15) is 23.5 Å². The number of fused-ring (bicyclic) bond motifs is 3. The van der Waals surface area contributed by atoms with Gasteiger partial charge in [-0.25, -0.2) is 0 Å². The first-order chi connectivity index (χ1) is 7.69. The predicted molar refractivity (Wildman–Crippen MR) is 60.4 cm³/mol. The number of rotatable bonds is 1. The molecule has 0 bridgehead atoms. The fourth-order valence-corrected chi connectivity index (χ4v) is 2.90. The number of hydrogen-bond acceptors (Lipinski definition) is 3. The zero-order valence-electron chi connectivity index (χ0n) is 8.92. The van der Waals surface area contributed by atoms with Gasteiger partial charge < -0.3 is 4.74 Å². The molecule has 0 spiro atoms. The second kappa shape index (κ2) is 3.22. The van der Waals surface area contributed by atoms with E-state index >= 15 is 0 Å². The molecule has 1 saturated carbocycles. The van der Waals surface area contributed by atoms with Crippen molar-refractivity contribution >= 4 is 17.6 Å². The van der Waals surface area contributed by atoms with Gasteiger partial charge in [-0.3, -0.25) is 10.1 Å². The summed E-state index contributed by atoms with van der Waals surface area (Å²) in [7, 11) is 1.43. The van der Waals surface area contributed by atoms with E-state index in [9.17, 15) is 4.79 Å². The van der Waals surface area contributed by atoms with E-state index in [1.165, 1.54) is 12.7 Å². The summed E-state index contributed by atoms with van der Waals surface area (Å²) < 4.78 is 4.85. The Morgan fingerprint density at radius 1 is 1.62 bits per heavy atom. The molecule has 1 aromatic carbocycles. The zero-order valence-corrected chi connectivity index (χ0v) is 9.67. The maximum atomic E-state index is 11.7. The molecule has 16 heavy (non-hydrogen) atoms. The number of esters is 1. The van der Waals surface area contributed by atoms with Crippen LogP contribution in [0.2, 0.25) is 5.02 Å². The minimum absolute atomic E-state index is 0.164. The number of benzene rings is 1. The molecule has 1 fully saturated rings. The summed E-state index contributed by atoms with van der Waals surface area (Å²) in [4.78, 5) is 11.7. The van der Waals surface area contributed by atoms with Crippen molar-refractivity contribution in [2.24, 2.45) is 0 Å². The lowest BCUT2D eigenvalue weighted by molar-refractivity contribution is -0.144. The third-order valence-electron chi connectivity index (χ3n) is 3.62. The molecule has 2 aliphatic rings. The standard InChI is InChI=1S/C12H12ClNO2/c1-16-11(15)12-5-9(12)7-3-2-4-10(13)8(7)6-14-12/h2-4,9,14H,5-6H2,1H3/t9-,12+/m1/s1. The molecular formula is C12H12ClNO2. The molecule has 1 aliphatic heterocycles. The average Bonchev–Trinajstić information content (AvgIpc) is 3.04. The zero-order chi connectivity index (χ0) is 11.3. The lowest BCUT2D eigenvalue weighted by Crippen LogP contribution is -2.43. The monoisotopic (exact) mass is 237 g/mol. The Morgan fingerprint density at radius 3 is 3.19 bits per heavy atom. The summed E-state index contributed by atoms with van der Waals surface area (Å²) in [5, 5.41) is 4.03. The highest BCUT2D eigenvalue weighted by atomic mass is 35.5. The maximum Gasteiger partial charge on any atom is 0.326 e. The van der Waals surface area contributed by atoms with Crippen LogP contribution in [0.4, 0.5) is 0 Å². The largest absolute Gasteiger partial charge is 0.468 e. The number of hydrogen-bond donors (Lipinski definition) is 1. The van der Waals surface area contributed by atoms with Crippen LogP contribution < -0.4 is 5.32 Å². The van der Waals surface area contributed by atoms with Crippen LogP contribution in [-0.4, -0.2) is 18.6 Å². The van der Waals surface area contributed by atoms with Crippen molar-refractivity contribution in [1.82, 2.24) is 5.32 Å². The van der Waals surface area contributed by atoms with Gasteiger partial charge in [0.15, 0.2) is 0 Å². The summed E-state index contributed by atoms with van der Waals surface area (Å²) in [5.74, 6) is 0.0607. The minimum atomic E-state index is -0.480. The Kier molecular flexibility index (Phi) is 2.03. The van der Waals surface area contributed by atoms with Crippen LogP contribution in [0, 0.1) is 0 Å². The van der Waals surface area contributed by atoms with E-state index in [-0.39, 0.29) is 11.9 Å². The summed E-state index contributed by atoms with van der Waals surface area (Å²) >= 11 is 6.13. The molecule has 3 rings (SSSR count). The van der Waals surface area contributed by atoms with Crippen LogP contribution in [0.25, 0.3) is 0 Å². The van der Waals surface area contributed by atoms with Crippen LogP contribution >= 0.6 is 11.6 Å². The van der Waals surface area contributed by atoms with Gasteiger partial charge >= 0.3 is 5.97 Å². The number of ether oxygens (including phenoxy) is 1. The molecule has 3 nitrogen and oxygen atoms in total. The maximum absolute atomic E-state index is 11.7. The van der Waals surface area contributed by atoms with Gasteiger partial charge in [0.25, 0.3) is 0 Å². The number of nitrogens with one attached hydrogen (secondary N) is 1. The van der Waals surface area contributed by atoms with Crippen molar-refractivity contribution in [2.45, 2.75) is 24.4 Å². The van der Waals surface area contributed by atoms with Gasteiger partial charge in [-0.1, -0.05) is 23.7 Å². The lowest BCUT2D eigenvalue weighted by atomic mass is 9.96. The molecule has 0 saturated heterocycles. The topological polar surface area (TPSA) is 38.3 Å². The van der Waals surface area contributed by atoms with Gasteiger partial charge in [0.1, 0.15) is 5.54 Å². The van der Waals surface area contributed by atoms with Gasteiger partial charge in [-0.05, 0) is 23.6 Å². The molecule has 0 unspecified atom stereocenters. The summed E-state index contributed by atoms with van der Waals surface area (Å²) in [6, 6.07) is 5.87. The third kappa shape index (κ3) is 1.16. The van der Waals surface area contributed by atoms with Crippen molar-refractivity contribution in [3.8, 4) is 0 Å². The molecule has 0 aromatic heterocycles. The highest BCUT2D eigenvalue weighted by molar-refractivity contribution is 6.31. The number of carbonyl (C=O) groups is 1. The summed E-state index contributed by atoms with van der Waals surface area (Å²) in [6.45, 7) is 0.639. The molecule has 84 valence electrons. The van der Waals surface area contributed by atoms with Gasteiger partial charge in [0.05, 0.1) is 7.11 Å².